The highest BCUT2D eigenvalue weighted by Gasteiger charge is 2.17. The molecule has 0 spiro atoms. The number of benzene rings is 2. The maximum Gasteiger partial charge on any atom is 0.349 e. The average molecular weight is 348 g/mol. The standard InChI is InChI=1S/C20H16N2O4/c1-3-24-16-6-4-5-14-11-15(20(23)25-17(14)16)19-22-21-18(26-19)13-9-7-12(2)8-10-13/h4-11H,3H2,1-2H3. The van der Waals surface area contributed by atoms with Crippen molar-refractivity contribution in [1.29, 1.82) is 0 Å². The quantitative estimate of drug-likeness (QED) is 0.514. The number of fused-ring (bicyclic) bond motifs is 1. The Hall–Kier alpha value is -3.41. The Morgan fingerprint density at radius 1 is 1.00 bits per heavy atom. The van der Waals surface area contributed by atoms with Crippen molar-refractivity contribution < 1.29 is 13.6 Å². The van der Waals surface area contributed by atoms with Crippen LogP contribution in [0.1, 0.15) is 12.5 Å². The van der Waals surface area contributed by atoms with Crippen LogP contribution in [0.5, 0.6) is 5.75 Å². The van der Waals surface area contributed by atoms with Crippen LogP contribution in [0.2, 0.25) is 0 Å². The van der Waals surface area contributed by atoms with E-state index in [1.54, 1.807) is 12.1 Å². The number of hydrogen-bond donors (Lipinski definition) is 0. The molecule has 0 atom stereocenters. The summed E-state index contributed by atoms with van der Waals surface area (Å²) < 4.78 is 16.7. The van der Waals surface area contributed by atoms with Gasteiger partial charge in [-0.1, -0.05) is 29.8 Å². The van der Waals surface area contributed by atoms with Gasteiger partial charge in [0.25, 0.3) is 5.89 Å². The fourth-order valence-corrected chi connectivity index (χ4v) is 2.68. The first-order valence-electron chi connectivity index (χ1n) is 8.26. The monoisotopic (exact) mass is 348 g/mol. The Kier molecular flexibility index (Phi) is 4.01. The minimum absolute atomic E-state index is 0.123. The van der Waals surface area contributed by atoms with Crippen LogP contribution in [-0.2, 0) is 0 Å². The molecule has 4 rings (SSSR count). The van der Waals surface area contributed by atoms with E-state index in [0.29, 0.717) is 23.8 Å². The summed E-state index contributed by atoms with van der Waals surface area (Å²) in [6.07, 6.45) is 0. The lowest BCUT2D eigenvalue weighted by molar-refractivity contribution is 0.337. The Morgan fingerprint density at radius 3 is 2.54 bits per heavy atom. The van der Waals surface area contributed by atoms with Crippen molar-refractivity contribution in [3.8, 4) is 28.7 Å². The summed E-state index contributed by atoms with van der Waals surface area (Å²) in [5, 5.41) is 8.77. The third kappa shape index (κ3) is 2.86. The molecule has 2 aromatic heterocycles. The van der Waals surface area contributed by atoms with Crippen molar-refractivity contribution in [1.82, 2.24) is 10.2 Å². The van der Waals surface area contributed by atoms with Crippen molar-refractivity contribution in [3.63, 3.8) is 0 Å². The molecule has 0 amide bonds. The number of aromatic nitrogens is 2. The van der Waals surface area contributed by atoms with E-state index in [1.165, 1.54) is 0 Å². The number of para-hydroxylation sites is 1. The van der Waals surface area contributed by atoms with Gasteiger partial charge in [-0.3, -0.25) is 0 Å². The highest BCUT2D eigenvalue weighted by molar-refractivity contribution is 5.85. The zero-order valence-electron chi connectivity index (χ0n) is 14.4. The second-order valence-corrected chi connectivity index (χ2v) is 5.83. The van der Waals surface area contributed by atoms with Crippen LogP contribution in [0.25, 0.3) is 33.9 Å². The molecular weight excluding hydrogens is 332 g/mol. The van der Waals surface area contributed by atoms with E-state index >= 15 is 0 Å². The van der Waals surface area contributed by atoms with Crippen molar-refractivity contribution in [3.05, 3.63) is 64.5 Å². The minimum Gasteiger partial charge on any atom is -0.490 e. The topological polar surface area (TPSA) is 78.4 Å². The summed E-state index contributed by atoms with van der Waals surface area (Å²) in [6, 6.07) is 14.8. The molecule has 26 heavy (non-hydrogen) atoms. The summed E-state index contributed by atoms with van der Waals surface area (Å²) in [7, 11) is 0. The number of ether oxygens (including phenoxy) is 1. The Bertz CT molecular complexity index is 1130. The van der Waals surface area contributed by atoms with Gasteiger partial charge in [0.2, 0.25) is 5.89 Å². The Labute approximate surface area is 149 Å². The van der Waals surface area contributed by atoms with Gasteiger partial charge in [-0.2, -0.15) is 0 Å². The molecule has 4 aromatic rings. The molecular formula is C20H16N2O4. The highest BCUT2D eigenvalue weighted by Crippen LogP contribution is 2.28. The van der Waals surface area contributed by atoms with Crippen molar-refractivity contribution in [2.45, 2.75) is 13.8 Å². The van der Waals surface area contributed by atoms with Gasteiger partial charge in [0.1, 0.15) is 5.56 Å². The van der Waals surface area contributed by atoms with Crippen LogP contribution in [0, 0.1) is 6.92 Å². The SMILES string of the molecule is CCOc1cccc2cc(-c3nnc(-c4ccc(C)cc4)o3)c(=O)oc12. The van der Waals surface area contributed by atoms with E-state index in [2.05, 4.69) is 10.2 Å². The van der Waals surface area contributed by atoms with Gasteiger partial charge < -0.3 is 13.6 Å². The van der Waals surface area contributed by atoms with Gasteiger partial charge in [-0.05, 0) is 38.1 Å². The average Bonchev–Trinajstić information content (AvgIpc) is 3.12. The Morgan fingerprint density at radius 2 is 1.77 bits per heavy atom. The summed E-state index contributed by atoms with van der Waals surface area (Å²) in [5.74, 6) is 1.00. The molecule has 6 nitrogen and oxygen atoms in total. The predicted molar refractivity (Wildman–Crippen MR) is 97.1 cm³/mol. The molecule has 6 heteroatoms. The first-order valence-corrected chi connectivity index (χ1v) is 8.26. The third-order valence-electron chi connectivity index (χ3n) is 3.98. The molecule has 0 saturated carbocycles. The van der Waals surface area contributed by atoms with Gasteiger partial charge in [-0.25, -0.2) is 4.79 Å². The second kappa shape index (κ2) is 6.48. The maximum absolute atomic E-state index is 12.4. The molecule has 0 fully saturated rings. The van der Waals surface area contributed by atoms with Crippen LogP contribution < -0.4 is 10.4 Å². The number of nitrogens with zero attached hydrogens (tertiary/aromatic N) is 2. The first-order chi connectivity index (χ1) is 12.7. The van der Waals surface area contributed by atoms with Crippen LogP contribution in [0.4, 0.5) is 0 Å². The smallest absolute Gasteiger partial charge is 0.349 e. The van der Waals surface area contributed by atoms with Crippen molar-refractivity contribution >= 4 is 11.0 Å². The van der Waals surface area contributed by atoms with E-state index in [4.69, 9.17) is 13.6 Å². The van der Waals surface area contributed by atoms with Gasteiger partial charge in [0, 0.05) is 10.9 Å². The predicted octanol–water partition coefficient (Wildman–Crippen LogP) is 4.22. The van der Waals surface area contributed by atoms with Crippen LogP contribution in [0.15, 0.2) is 62.2 Å². The van der Waals surface area contributed by atoms with Gasteiger partial charge in [-0.15, -0.1) is 10.2 Å². The van der Waals surface area contributed by atoms with Crippen LogP contribution in [-0.4, -0.2) is 16.8 Å². The summed E-state index contributed by atoms with van der Waals surface area (Å²) in [4.78, 5) is 12.4. The largest absolute Gasteiger partial charge is 0.490 e. The van der Waals surface area contributed by atoms with E-state index < -0.39 is 5.63 Å². The van der Waals surface area contributed by atoms with Gasteiger partial charge in [0.15, 0.2) is 11.3 Å². The van der Waals surface area contributed by atoms with Crippen molar-refractivity contribution in [2.24, 2.45) is 0 Å². The van der Waals surface area contributed by atoms with E-state index in [9.17, 15) is 4.79 Å². The number of aryl methyl sites for hydroxylation is 1. The van der Waals surface area contributed by atoms with E-state index in [-0.39, 0.29) is 11.5 Å². The number of rotatable bonds is 4. The van der Waals surface area contributed by atoms with Crippen LogP contribution >= 0.6 is 0 Å². The van der Waals surface area contributed by atoms with Crippen molar-refractivity contribution in [2.75, 3.05) is 6.61 Å². The molecule has 0 unspecified atom stereocenters. The molecule has 2 aromatic carbocycles. The molecule has 2 heterocycles. The summed E-state index contributed by atoms with van der Waals surface area (Å²) in [5.41, 5.74) is 1.99. The highest BCUT2D eigenvalue weighted by atomic mass is 16.5. The van der Waals surface area contributed by atoms with Gasteiger partial charge in [0.05, 0.1) is 6.61 Å². The minimum atomic E-state index is -0.552. The number of hydrogen-bond acceptors (Lipinski definition) is 6. The lowest BCUT2D eigenvalue weighted by Gasteiger charge is -2.06. The lowest BCUT2D eigenvalue weighted by atomic mass is 10.1. The molecule has 0 saturated heterocycles. The van der Waals surface area contributed by atoms with E-state index in [0.717, 1.165) is 16.5 Å². The van der Waals surface area contributed by atoms with E-state index in [1.807, 2.05) is 50.2 Å². The maximum atomic E-state index is 12.4. The molecule has 0 N–H and O–H groups in total. The second-order valence-electron chi connectivity index (χ2n) is 5.83. The molecule has 0 aliphatic rings. The molecule has 0 aliphatic heterocycles. The lowest BCUT2D eigenvalue weighted by Crippen LogP contribution is -2.04. The first kappa shape index (κ1) is 16.1. The summed E-state index contributed by atoms with van der Waals surface area (Å²) >= 11 is 0. The summed E-state index contributed by atoms with van der Waals surface area (Å²) in [6.45, 7) is 4.35. The molecule has 130 valence electrons. The fraction of sp³-hybridized carbons (Fsp3) is 0.150. The molecule has 0 radical (unpaired) electrons. The third-order valence-corrected chi connectivity index (χ3v) is 3.98. The molecule has 0 aliphatic carbocycles. The Balaban J connectivity index is 1.79. The van der Waals surface area contributed by atoms with Crippen LogP contribution in [0.3, 0.4) is 0 Å². The van der Waals surface area contributed by atoms with Gasteiger partial charge >= 0.3 is 5.63 Å². The molecule has 0 bridgehead atoms. The zero-order valence-corrected chi connectivity index (χ0v) is 14.4. The fourth-order valence-electron chi connectivity index (χ4n) is 2.68. The normalized spacial score (nSPS) is 11.0. The zero-order chi connectivity index (χ0) is 18.1.